The molecule has 0 saturated carbocycles. The van der Waals surface area contributed by atoms with Crippen LogP contribution in [0.2, 0.25) is 0 Å². The van der Waals surface area contributed by atoms with Gasteiger partial charge >= 0.3 is 0 Å². The molecule has 0 spiro atoms. The van der Waals surface area contributed by atoms with Gasteiger partial charge in [-0.25, -0.2) is 0 Å². The van der Waals surface area contributed by atoms with Crippen molar-refractivity contribution in [2.24, 2.45) is 0 Å². The van der Waals surface area contributed by atoms with E-state index in [0.29, 0.717) is 0 Å². The van der Waals surface area contributed by atoms with Crippen LogP contribution in [0.5, 0.6) is 0 Å². The Kier molecular flexibility index (Phi) is 8.30. The number of benzene rings is 12. The second kappa shape index (κ2) is 15.5. The standard InChI is InChI=1S/C72H42N4O2/c1-3-15-45(16-4-1)73-61-25-13-9-21-51(61)55-39-43(27-33-62(55)73)44-28-34-63-57(40-44)69-66(76(63)48-30-38-68-56(41-48)52-22-10-14-26-67(52)77-68)37-32-53-54-31-36-65-70(72(54)78-71(53)69)58-42-47(29-35-64(58)74(65)46-17-5-2-6-18-46)75-59-23-11-7-19-49(59)50-20-8-12-24-60(50)75/h1-42H. The maximum Gasteiger partial charge on any atom is 0.145 e. The van der Waals surface area contributed by atoms with E-state index < -0.39 is 0 Å². The molecular weight excluding hydrogens is 953 g/mol. The Bertz CT molecular complexity index is 5510. The number of hydrogen-bond acceptors (Lipinski definition) is 2. The first-order chi connectivity index (χ1) is 38.7. The van der Waals surface area contributed by atoms with Crippen molar-refractivity contribution in [2.75, 3.05) is 0 Å². The zero-order valence-corrected chi connectivity index (χ0v) is 41.9. The van der Waals surface area contributed by atoms with Crippen LogP contribution in [0.15, 0.2) is 264 Å². The van der Waals surface area contributed by atoms with Crippen molar-refractivity contribution in [3.05, 3.63) is 255 Å². The van der Waals surface area contributed by atoms with Crippen molar-refractivity contribution < 1.29 is 8.83 Å². The van der Waals surface area contributed by atoms with E-state index >= 15 is 0 Å². The molecular formula is C72H42N4O2. The number of para-hydroxylation sites is 6. The molecule has 6 aromatic heterocycles. The van der Waals surface area contributed by atoms with Gasteiger partial charge in [-0.1, -0.05) is 121 Å². The second-order valence-electron chi connectivity index (χ2n) is 20.8. The highest BCUT2D eigenvalue weighted by Crippen LogP contribution is 2.47. The molecule has 0 saturated heterocycles. The highest BCUT2D eigenvalue weighted by Gasteiger charge is 2.25. The van der Waals surface area contributed by atoms with Crippen molar-refractivity contribution in [3.63, 3.8) is 0 Å². The first-order valence-corrected chi connectivity index (χ1v) is 26.7. The summed E-state index contributed by atoms with van der Waals surface area (Å²) in [5.41, 5.74) is 19.3. The Morgan fingerprint density at radius 3 is 1.19 bits per heavy atom. The summed E-state index contributed by atoms with van der Waals surface area (Å²) in [7, 11) is 0. The number of aromatic nitrogens is 4. The summed E-state index contributed by atoms with van der Waals surface area (Å²) >= 11 is 0. The average Bonchev–Trinajstić information content (AvgIpc) is 4.43. The smallest absolute Gasteiger partial charge is 0.145 e. The quantitative estimate of drug-likeness (QED) is 0.172. The Balaban J connectivity index is 0.925. The molecule has 362 valence electrons. The van der Waals surface area contributed by atoms with Crippen molar-refractivity contribution in [1.29, 1.82) is 0 Å². The predicted molar refractivity (Wildman–Crippen MR) is 324 cm³/mol. The number of hydrogen-bond donors (Lipinski definition) is 0. The molecule has 0 aliphatic carbocycles. The van der Waals surface area contributed by atoms with Crippen LogP contribution < -0.4 is 0 Å². The van der Waals surface area contributed by atoms with Crippen molar-refractivity contribution in [3.8, 4) is 33.9 Å². The monoisotopic (exact) mass is 994 g/mol. The third kappa shape index (κ3) is 5.64. The Morgan fingerprint density at radius 2 is 0.590 bits per heavy atom. The maximum absolute atomic E-state index is 7.63. The van der Waals surface area contributed by atoms with E-state index in [-0.39, 0.29) is 0 Å². The zero-order valence-electron chi connectivity index (χ0n) is 41.9. The van der Waals surface area contributed by atoms with Crippen LogP contribution in [0, 0.1) is 0 Å². The number of rotatable bonds is 5. The van der Waals surface area contributed by atoms with Gasteiger partial charge < -0.3 is 27.1 Å². The van der Waals surface area contributed by atoms with Crippen LogP contribution in [0.4, 0.5) is 0 Å². The van der Waals surface area contributed by atoms with Crippen LogP contribution in [0.3, 0.4) is 0 Å². The van der Waals surface area contributed by atoms with Gasteiger partial charge in [0.1, 0.15) is 22.3 Å². The molecule has 0 atom stereocenters. The fourth-order valence-corrected chi connectivity index (χ4v) is 13.4. The van der Waals surface area contributed by atoms with Crippen LogP contribution in [-0.2, 0) is 0 Å². The van der Waals surface area contributed by atoms with Gasteiger partial charge in [0, 0.05) is 76.6 Å². The lowest BCUT2D eigenvalue weighted by atomic mass is 10.00. The van der Waals surface area contributed by atoms with E-state index in [1.165, 1.54) is 43.6 Å². The first-order valence-electron chi connectivity index (χ1n) is 26.7. The van der Waals surface area contributed by atoms with Crippen LogP contribution >= 0.6 is 0 Å². The lowest BCUT2D eigenvalue weighted by molar-refractivity contribution is 0.669. The van der Waals surface area contributed by atoms with E-state index in [0.717, 1.165) is 121 Å². The molecule has 18 aromatic rings. The largest absolute Gasteiger partial charge is 0.456 e. The van der Waals surface area contributed by atoms with Crippen molar-refractivity contribution >= 4 is 131 Å². The van der Waals surface area contributed by atoms with Gasteiger partial charge in [0.15, 0.2) is 0 Å². The molecule has 6 heterocycles. The molecule has 0 N–H and O–H groups in total. The summed E-state index contributed by atoms with van der Waals surface area (Å²) in [6, 6.07) is 92.5. The van der Waals surface area contributed by atoms with Gasteiger partial charge in [-0.3, -0.25) is 0 Å². The van der Waals surface area contributed by atoms with Crippen molar-refractivity contribution in [1.82, 2.24) is 18.3 Å². The minimum Gasteiger partial charge on any atom is -0.456 e. The SMILES string of the molecule is c1ccc(-n2c3ccccc3c3cc(-c4ccc5c(c4)c4c6oc7c(ccc8c7c7cc(-n9c%10ccccc%10c%10ccccc%109)ccc7n8-c7ccccc7)c6ccc4n5-c4ccc5oc6ccccc6c5c4)ccc32)cc1. The Labute approximate surface area is 444 Å². The minimum absolute atomic E-state index is 0.867. The van der Waals surface area contributed by atoms with Gasteiger partial charge in [-0.2, -0.15) is 0 Å². The summed E-state index contributed by atoms with van der Waals surface area (Å²) in [5.74, 6) is 0. The van der Waals surface area contributed by atoms with Gasteiger partial charge in [0.2, 0.25) is 0 Å². The van der Waals surface area contributed by atoms with Gasteiger partial charge in [0.25, 0.3) is 0 Å². The molecule has 0 amide bonds. The molecule has 0 unspecified atom stereocenters. The summed E-state index contributed by atoms with van der Waals surface area (Å²) in [5, 5.41) is 13.7. The normalized spacial score (nSPS) is 12.4. The predicted octanol–water partition coefficient (Wildman–Crippen LogP) is 19.5. The molecule has 0 bridgehead atoms. The van der Waals surface area contributed by atoms with E-state index in [9.17, 15) is 0 Å². The third-order valence-corrected chi connectivity index (χ3v) is 16.7. The van der Waals surface area contributed by atoms with Gasteiger partial charge in [-0.15, -0.1) is 0 Å². The summed E-state index contributed by atoms with van der Waals surface area (Å²) in [6.07, 6.45) is 0. The molecule has 12 aromatic carbocycles. The fraction of sp³-hybridized carbons (Fsp3) is 0. The molecule has 0 aliphatic heterocycles. The highest BCUT2D eigenvalue weighted by molar-refractivity contribution is 6.29. The Morgan fingerprint density at radius 1 is 0.205 bits per heavy atom. The lowest BCUT2D eigenvalue weighted by Gasteiger charge is -2.10. The summed E-state index contributed by atoms with van der Waals surface area (Å²) < 4.78 is 23.6. The van der Waals surface area contributed by atoms with Crippen molar-refractivity contribution in [2.45, 2.75) is 0 Å². The fourth-order valence-electron chi connectivity index (χ4n) is 13.4. The van der Waals surface area contributed by atoms with E-state index in [1.807, 2.05) is 12.1 Å². The van der Waals surface area contributed by atoms with Crippen LogP contribution in [-0.4, -0.2) is 18.3 Å². The summed E-state index contributed by atoms with van der Waals surface area (Å²) in [4.78, 5) is 0. The number of furan rings is 2. The van der Waals surface area contributed by atoms with E-state index in [4.69, 9.17) is 8.83 Å². The maximum atomic E-state index is 7.63. The molecule has 6 nitrogen and oxygen atoms in total. The Hall–Kier alpha value is -10.6. The molecule has 0 fully saturated rings. The first kappa shape index (κ1) is 41.8. The third-order valence-electron chi connectivity index (χ3n) is 16.7. The van der Waals surface area contributed by atoms with E-state index in [1.54, 1.807) is 0 Å². The summed E-state index contributed by atoms with van der Waals surface area (Å²) in [6.45, 7) is 0. The number of fused-ring (bicyclic) bond motifs is 20. The van der Waals surface area contributed by atoms with Gasteiger partial charge in [-0.05, 0) is 145 Å². The zero-order chi connectivity index (χ0) is 50.7. The van der Waals surface area contributed by atoms with E-state index in [2.05, 4.69) is 261 Å². The highest BCUT2D eigenvalue weighted by atomic mass is 16.3. The molecule has 18 rings (SSSR count). The molecule has 78 heavy (non-hydrogen) atoms. The molecule has 0 radical (unpaired) electrons. The second-order valence-corrected chi connectivity index (χ2v) is 20.8. The van der Waals surface area contributed by atoms with Crippen LogP contribution in [0.1, 0.15) is 0 Å². The van der Waals surface area contributed by atoms with Gasteiger partial charge in [0.05, 0.1) is 54.9 Å². The lowest BCUT2D eigenvalue weighted by Crippen LogP contribution is -1.95. The molecule has 6 heteroatoms. The average molecular weight is 995 g/mol. The topological polar surface area (TPSA) is 46.0 Å². The van der Waals surface area contributed by atoms with Crippen LogP contribution in [0.25, 0.3) is 165 Å². The number of nitrogens with zero attached hydrogens (tertiary/aromatic N) is 4. The molecule has 0 aliphatic rings. The minimum atomic E-state index is 0.867.